The Kier molecular flexibility index (Phi) is 4.92. The molecular formula is C5H5F3NO2S2+. The minimum absolute atomic E-state index is 0.0305. The normalized spacial score (nSPS) is 13.7. The van der Waals surface area contributed by atoms with Gasteiger partial charge in [-0.3, -0.25) is 10.1 Å². The Morgan fingerprint density at radius 2 is 2.15 bits per heavy atom. The molecule has 0 N–H and O–H groups in total. The second kappa shape index (κ2) is 5.18. The van der Waals surface area contributed by atoms with Gasteiger partial charge in [-0.15, -0.1) is 0 Å². The fourth-order valence-electron chi connectivity index (χ4n) is 0.358. The first-order valence-electron chi connectivity index (χ1n) is 2.90. The van der Waals surface area contributed by atoms with E-state index in [1.54, 1.807) is 0 Å². The molecular weight excluding hydrogens is 227 g/mol. The van der Waals surface area contributed by atoms with Gasteiger partial charge >= 0.3 is 6.18 Å². The lowest BCUT2D eigenvalue weighted by atomic mass is 10.6. The predicted octanol–water partition coefficient (Wildman–Crippen LogP) is 1.48. The van der Waals surface area contributed by atoms with Crippen LogP contribution in [0.5, 0.6) is 0 Å². The van der Waals surface area contributed by atoms with E-state index in [2.05, 4.69) is 12.6 Å². The van der Waals surface area contributed by atoms with Gasteiger partial charge in [0.1, 0.15) is 0 Å². The van der Waals surface area contributed by atoms with E-state index in [1.165, 1.54) is 0 Å². The zero-order chi connectivity index (χ0) is 10.5. The fourth-order valence-corrected chi connectivity index (χ4v) is 1.30. The van der Waals surface area contributed by atoms with E-state index in [-0.39, 0.29) is 10.3 Å². The first-order chi connectivity index (χ1) is 5.81. The Balaban J connectivity index is 4.14. The Labute approximate surface area is 81.1 Å². The zero-order valence-corrected chi connectivity index (χ0v) is 7.83. The number of rotatable bonds is 3. The second-order valence-electron chi connectivity index (χ2n) is 1.82. The number of nitro groups is 1. The highest BCUT2D eigenvalue weighted by molar-refractivity contribution is 8.02. The molecule has 0 rings (SSSR count). The lowest BCUT2D eigenvalue weighted by Gasteiger charge is -1.93. The summed E-state index contributed by atoms with van der Waals surface area (Å²) in [5.41, 5.74) is 0. The van der Waals surface area contributed by atoms with Crippen molar-refractivity contribution in [1.29, 1.82) is 0 Å². The molecule has 0 bridgehead atoms. The molecule has 0 unspecified atom stereocenters. The minimum Gasteiger partial charge on any atom is -0.264 e. The molecule has 0 atom stereocenters. The van der Waals surface area contributed by atoms with Crippen LogP contribution in [-0.2, 0) is 11.4 Å². The van der Waals surface area contributed by atoms with E-state index >= 15 is 0 Å². The smallest absolute Gasteiger partial charge is 0.264 e. The van der Waals surface area contributed by atoms with Crippen molar-refractivity contribution in [3.8, 4) is 0 Å². The van der Waals surface area contributed by atoms with E-state index in [0.717, 1.165) is 5.37 Å². The zero-order valence-electron chi connectivity index (χ0n) is 6.11. The van der Waals surface area contributed by atoms with E-state index < -0.39 is 17.6 Å². The number of nitrogens with zero attached hydrogens (tertiary/aromatic N) is 1. The number of hydrogen-bond acceptors (Lipinski definition) is 3. The van der Waals surface area contributed by atoms with Gasteiger partial charge in [-0.05, 0) is 0 Å². The molecule has 0 spiro atoms. The van der Waals surface area contributed by atoms with Gasteiger partial charge in [0.25, 0.3) is 10.8 Å². The van der Waals surface area contributed by atoms with Crippen LogP contribution in [0.2, 0.25) is 0 Å². The van der Waals surface area contributed by atoms with Crippen molar-refractivity contribution in [1.82, 2.24) is 0 Å². The summed E-state index contributed by atoms with van der Waals surface area (Å²) < 4.78 is 34.5. The molecule has 74 valence electrons. The summed E-state index contributed by atoms with van der Waals surface area (Å²) in [6.07, 6.45) is -4.47. The van der Waals surface area contributed by atoms with Crippen LogP contribution >= 0.6 is 12.6 Å². The molecule has 0 heterocycles. The number of thiol groups is 1. The molecule has 0 aromatic rings. The molecule has 13 heavy (non-hydrogen) atoms. The topological polar surface area (TPSA) is 43.1 Å². The fraction of sp³-hybridized carbons (Fsp3) is 0.400. The molecule has 8 heteroatoms. The van der Waals surface area contributed by atoms with Crippen molar-refractivity contribution in [2.24, 2.45) is 0 Å². The van der Waals surface area contributed by atoms with Crippen LogP contribution in [0.3, 0.4) is 0 Å². The summed E-state index contributed by atoms with van der Waals surface area (Å²) in [5.74, 6) is 0. The van der Waals surface area contributed by atoms with Crippen LogP contribution in [0.4, 0.5) is 13.2 Å². The van der Waals surface area contributed by atoms with Gasteiger partial charge in [-0.25, -0.2) is 0 Å². The maximum absolute atomic E-state index is 11.6. The predicted molar refractivity (Wildman–Crippen MR) is 48.4 cm³/mol. The average molecular weight is 232 g/mol. The van der Waals surface area contributed by atoms with Crippen molar-refractivity contribution in [2.45, 2.75) is 6.18 Å². The van der Waals surface area contributed by atoms with Crippen LogP contribution < -0.4 is 0 Å². The maximum Gasteiger partial charge on any atom is 0.415 e. The van der Waals surface area contributed by atoms with Gasteiger partial charge in [-0.1, -0.05) is 12.6 Å². The third kappa shape index (κ3) is 9.28. The number of hydrogen-bond donors (Lipinski definition) is 1. The number of halogens is 3. The first-order valence-corrected chi connectivity index (χ1v) is 4.22. The summed E-state index contributed by atoms with van der Waals surface area (Å²) in [7, 11) is 0. The molecule has 0 aliphatic rings. The lowest BCUT2D eigenvalue weighted by molar-refractivity contribution is -0.461. The third-order valence-electron chi connectivity index (χ3n) is 0.715. The van der Waals surface area contributed by atoms with Gasteiger partial charge in [0.2, 0.25) is 16.7 Å². The SMILES string of the molecule is O=[N+]([O-])CC=[S+]C(S)=CC(F)(F)F. The van der Waals surface area contributed by atoms with Gasteiger partial charge in [0.15, 0.2) is 0 Å². The largest absolute Gasteiger partial charge is 0.415 e. The van der Waals surface area contributed by atoms with Crippen molar-refractivity contribution in [3.05, 3.63) is 20.4 Å². The number of alkyl halides is 3. The highest BCUT2D eigenvalue weighted by atomic mass is 32.2. The van der Waals surface area contributed by atoms with Gasteiger partial charge in [0, 0.05) is 4.92 Å². The highest BCUT2D eigenvalue weighted by Crippen LogP contribution is 2.19. The van der Waals surface area contributed by atoms with Crippen LogP contribution in [0, 0.1) is 10.1 Å². The molecule has 0 aromatic heterocycles. The van der Waals surface area contributed by atoms with E-state index in [0.29, 0.717) is 11.4 Å². The molecule has 3 nitrogen and oxygen atoms in total. The molecule has 0 aliphatic heterocycles. The first kappa shape index (κ1) is 12.4. The van der Waals surface area contributed by atoms with Gasteiger partial charge in [-0.2, -0.15) is 13.2 Å². The Morgan fingerprint density at radius 3 is 2.54 bits per heavy atom. The number of allylic oxidation sites excluding steroid dienone is 1. The Hall–Kier alpha value is -0.630. The molecule has 0 aromatic carbocycles. The van der Waals surface area contributed by atoms with Crippen LogP contribution in [0.25, 0.3) is 0 Å². The summed E-state index contributed by atoms with van der Waals surface area (Å²) in [6.45, 7) is -0.500. The van der Waals surface area contributed by atoms with Crippen molar-refractivity contribution in [3.63, 3.8) is 0 Å². The molecule has 0 fully saturated rings. The summed E-state index contributed by atoms with van der Waals surface area (Å²) in [6, 6.07) is 0. The van der Waals surface area contributed by atoms with Crippen LogP contribution in [0.15, 0.2) is 10.3 Å². The van der Waals surface area contributed by atoms with Gasteiger partial charge < -0.3 is 0 Å². The molecule has 0 saturated carbocycles. The van der Waals surface area contributed by atoms with Crippen LogP contribution in [0.1, 0.15) is 0 Å². The second-order valence-corrected chi connectivity index (χ2v) is 3.62. The Bertz CT molecular complexity index is 249. The van der Waals surface area contributed by atoms with Crippen molar-refractivity contribution >= 4 is 29.3 Å². The highest BCUT2D eigenvalue weighted by Gasteiger charge is 2.26. The monoisotopic (exact) mass is 232 g/mol. The van der Waals surface area contributed by atoms with Crippen molar-refractivity contribution in [2.75, 3.05) is 6.54 Å². The summed E-state index contributed by atoms with van der Waals surface area (Å²) in [4.78, 5) is 9.11. The summed E-state index contributed by atoms with van der Waals surface area (Å²) >= 11 is 4.05. The Morgan fingerprint density at radius 1 is 1.62 bits per heavy atom. The van der Waals surface area contributed by atoms with Crippen LogP contribution in [-0.4, -0.2) is 23.0 Å². The maximum atomic E-state index is 11.6. The standard InChI is InChI=1S/C5H4F3NO2S2/c6-5(7,8)3-4(12)13-2-1-9(10)11/h2-3H,1H2/p+1. The van der Waals surface area contributed by atoms with E-state index in [1.807, 2.05) is 0 Å². The van der Waals surface area contributed by atoms with Gasteiger partial charge in [0.05, 0.1) is 6.08 Å². The van der Waals surface area contributed by atoms with E-state index in [4.69, 9.17) is 0 Å². The third-order valence-corrected chi connectivity index (χ3v) is 1.84. The quantitative estimate of drug-likeness (QED) is 0.263. The molecule has 0 radical (unpaired) electrons. The molecule has 0 saturated heterocycles. The molecule has 0 aliphatic carbocycles. The lowest BCUT2D eigenvalue weighted by Crippen LogP contribution is -2.04. The average Bonchev–Trinajstić information content (AvgIpc) is 1.81. The minimum atomic E-state index is -4.44. The van der Waals surface area contributed by atoms with E-state index in [9.17, 15) is 23.3 Å². The summed E-state index contributed by atoms with van der Waals surface area (Å²) in [5, 5.41) is 10.8. The molecule has 0 amide bonds. The van der Waals surface area contributed by atoms with Crippen molar-refractivity contribution < 1.29 is 18.1 Å².